The number of amides is 3. The van der Waals surface area contributed by atoms with Gasteiger partial charge in [-0.1, -0.05) is 30.3 Å². The van der Waals surface area contributed by atoms with E-state index in [0.29, 0.717) is 0 Å². The molecule has 4 nitrogen and oxygen atoms in total. The van der Waals surface area contributed by atoms with Crippen LogP contribution in [0.3, 0.4) is 0 Å². The van der Waals surface area contributed by atoms with Crippen molar-refractivity contribution in [1.29, 1.82) is 0 Å². The highest BCUT2D eigenvalue weighted by molar-refractivity contribution is 6.14. The number of halogens is 1. The van der Waals surface area contributed by atoms with Gasteiger partial charge in [-0.25, -0.2) is 9.18 Å². The average Bonchev–Trinajstić information content (AvgIpc) is 2.58. The minimum Gasteiger partial charge on any atom is -0.300 e. The molecule has 1 fully saturated rings. The maximum atomic E-state index is 13.7. The number of carbonyl (C=O) groups excluding carboxylic acids is 2. The molecule has 0 saturated carbocycles. The van der Waals surface area contributed by atoms with E-state index < -0.39 is 17.8 Å². The topological polar surface area (TPSA) is 58.2 Å². The summed E-state index contributed by atoms with van der Waals surface area (Å²) in [7, 11) is 0. The first-order chi connectivity index (χ1) is 7.18. The molecule has 0 aromatic heterocycles. The number of nitrogens with one attached hydrogen (secondary N) is 2. The maximum Gasteiger partial charge on any atom is 0.326 e. The molecule has 1 aliphatic heterocycles. The standard InChI is InChI=1S/C10H7FN2O2/c11-7(6-4-2-1-3-5-6)8-9(14)13-10(15)12-8/h1-5H,(H2,12,13,14,15). The van der Waals surface area contributed by atoms with Gasteiger partial charge in [-0.05, 0) is 0 Å². The minimum atomic E-state index is -0.749. The van der Waals surface area contributed by atoms with E-state index >= 15 is 0 Å². The Hall–Kier alpha value is -2.17. The lowest BCUT2D eigenvalue weighted by Crippen LogP contribution is -2.22. The highest BCUT2D eigenvalue weighted by Crippen LogP contribution is 2.20. The molecule has 2 rings (SSSR count). The molecule has 2 N–H and O–H groups in total. The summed E-state index contributed by atoms with van der Waals surface area (Å²) in [5.41, 5.74) is -0.0870. The Balaban J connectivity index is 2.42. The van der Waals surface area contributed by atoms with Crippen molar-refractivity contribution in [1.82, 2.24) is 10.6 Å². The summed E-state index contributed by atoms with van der Waals surface area (Å²) in [5.74, 6) is -1.49. The lowest BCUT2D eigenvalue weighted by atomic mass is 10.1. The number of urea groups is 1. The van der Waals surface area contributed by atoms with Crippen molar-refractivity contribution in [2.24, 2.45) is 0 Å². The van der Waals surface area contributed by atoms with Crippen molar-refractivity contribution < 1.29 is 14.0 Å². The molecule has 0 bridgehead atoms. The van der Waals surface area contributed by atoms with Gasteiger partial charge in [0, 0.05) is 5.56 Å². The van der Waals surface area contributed by atoms with E-state index in [9.17, 15) is 14.0 Å². The average molecular weight is 206 g/mol. The van der Waals surface area contributed by atoms with Gasteiger partial charge < -0.3 is 5.32 Å². The van der Waals surface area contributed by atoms with Crippen LogP contribution in [0.2, 0.25) is 0 Å². The van der Waals surface area contributed by atoms with Crippen LogP contribution in [0.5, 0.6) is 0 Å². The van der Waals surface area contributed by atoms with Crippen LogP contribution in [0.1, 0.15) is 5.56 Å². The lowest BCUT2D eigenvalue weighted by Gasteiger charge is -1.99. The molecule has 15 heavy (non-hydrogen) atoms. The molecule has 76 valence electrons. The summed E-state index contributed by atoms with van der Waals surface area (Å²) in [5, 5.41) is 4.04. The van der Waals surface area contributed by atoms with Crippen molar-refractivity contribution in [3.63, 3.8) is 0 Å². The van der Waals surface area contributed by atoms with Gasteiger partial charge in [0.15, 0.2) is 5.83 Å². The zero-order chi connectivity index (χ0) is 10.8. The fourth-order valence-corrected chi connectivity index (χ4v) is 1.25. The molecular weight excluding hydrogens is 199 g/mol. The highest BCUT2D eigenvalue weighted by atomic mass is 19.1. The van der Waals surface area contributed by atoms with Gasteiger partial charge in [0.05, 0.1) is 0 Å². The first kappa shape index (κ1) is 9.39. The summed E-state index contributed by atoms with van der Waals surface area (Å²) < 4.78 is 13.7. The van der Waals surface area contributed by atoms with Gasteiger partial charge in [0.2, 0.25) is 0 Å². The molecule has 1 heterocycles. The Labute approximate surface area is 84.8 Å². The summed E-state index contributed by atoms with van der Waals surface area (Å²) >= 11 is 0. The fraction of sp³-hybridized carbons (Fsp3) is 0. The van der Waals surface area contributed by atoms with Crippen LogP contribution < -0.4 is 10.6 Å². The number of carbonyl (C=O) groups is 2. The predicted molar refractivity (Wildman–Crippen MR) is 51.1 cm³/mol. The Bertz CT molecular complexity index is 454. The largest absolute Gasteiger partial charge is 0.326 e. The summed E-state index contributed by atoms with van der Waals surface area (Å²) in [6.45, 7) is 0. The van der Waals surface area contributed by atoms with Crippen molar-refractivity contribution in [3.8, 4) is 0 Å². The molecule has 5 heteroatoms. The molecule has 1 aliphatic rings. The summed E-state index contributed by atoms with van der Waals surface area (Å²) in [6.07, 6.45) is 0. The second-order valence-corrected chi connectivity index (χ2v) is 2.96. The first-order valence-electron chi connectivity index (χ1n) is 4.26. The van der Waals surface area contributed by atoms with Crippen LogP contribution in [0.25, 0.3) is 5.83 Å². The normalized spacial score (nSPS) is 18.5. The molecular formula is C10H7FN2O2. The molecule has 0 unspecified atom stereocenters. The van der Waals surface area contributed by atoms with Crippen LogP contribution in [0, 0.1) is 0 Å². The number of benzene rings is 1. The number of rotatable bonds is 1. The van der Waals surface area contributed by atoms with E-state index in [2.05, 4.69) is 5.32 Å². The molecule has 1 saturated heterocycles. The lowest BCUT2D eigenvalue weighted by molar-refractivity contribution is -0.115. The molecule has 3 amide bonds. The number of imide groups is 1. The summed E-state index contributed by atoms with van der Waals surface area (Å²) in [6, 6.07) is 7.34. The number of hydrogen-bond acceptors (Lipinski definition) is 2. The van der Waals surface area contributed by atoms with Gasteiger partial charge in [0.1, 0.15) is 5.70 Å². The van der Waals surface area contributed by atoms with Crippen molar-refractivity contribution in [2.45, 2.75) is 0 Å². The maximum absolute atomic E-state index is 13.7. The van der Waals surface area contributed by atoms with Gasteiger partial charge in [0.25, 0.3) is 5.91 Å². The quantitative estimate of drug-likeness (QED) is 0.535. The fourth-order valence-electron chi connectivity index (χ4n) is 1.25. The molecule has 1 aromatic carbocycles. The first-order valence-corrected chi connectivity index (χ1v) is 4.26. The summed E-state index contributed by atoms with van der Waals surface area (Å²) in [4.78, 5) is 21.9. The predicted octanol–water partition coefficient (Wildman–Crippen LogP) is 1.16. The highest BCUT2D eigenvalue weighted by Gasteiger charge is 2.27. The Morgan fingerprint density at radius 3 is 2.27 bits per heavy atom. The number of hydrogen-bond donors (Lipinski definition) is 2. The smallest absolute Gasteiger partial charge is 0.300 e. The van der Waals surface area contributed by atoms with Gasteiger partial charge in [-0.3, -0.25) is 10.1 Å². The third kappa shape index (κ3) is 1.71. The Kier molecular flexibility index (Phi) is 2.21. The second-order valence-electron chi connectivity index (χ2n) is 2.96. The van der Waals surface area contributed by atoms with E-state index in [4.69, 9.17) is 0 Å². The van der Waals surface area contributed by atoms with Crippen molar-refractivity contribution >= 4 is 17.8 Å². The Morgan fingerprint density at radius 2 is 1.73 bits per heavy atom. The van der Waals surface area contributed by atoms with E-state index in [0.717, 1.165) is 0 Å². The molecule has 0 radical (unpaired) electrons. The van der Waals surface area contributed by atoms with E-state index in [1.54, 1.807) is 18.2 Å². The Morgan fingerprint density at radius 1 is 1.07 bits per heavy atom. The van der Waals surface area contributed by atoms with Crippen LogP contribution in [0.4, 0.5) is 9.18 Å². The van der Waals surface area contributed by atoms with Gasteiger partial charge in [-0.15, -0.1) is 0 Å². The SMILES string of the molecule is O=C1NC(=O)C(=C(F)c2ccccc2)N1. The third-order valence-electron chi connectivity index (χ3n) is 1.94. The van der Waals surface area contributed by atoms with E-state index in [1.807, 2.05) is 5.32 Å². The van der Waals surface area contributed by atoms with Crippen LogP contribution in [-0.2, 0) is 4.79 Å². The van der Waals surface area contributed by atoms with Crippen molar-refractivity contribution in [3.05, 3.63) is 41.6 Å². The van der Waals surface area contributed by atoms with Gasteiger partial charge in [-0.2, -0.15) is 0 Å². The van der Waals surface area contributed by atoms with Crippen LogP contribution in [0.15, 0.2) is 36.0 Å². The zero-order valence-corrected chi connectivity index (χ0v) is 7.58. The van der Waals surface area contributed by atoms with Crippen LogP contribution in [-0.4, -0.2) is 11.9 Å². The molecule has 0 atom stereocenters. The minimum absolute atomic E-state index is 0.254. The monoisotopic (exact) mass is 206 g/mol. The van der Waals surface area contributed by atoms with E-state index in [1.165, 1.54) is 12.1 Å². The molecule has 1 aromatic rings. The van der Waals surface area contributed by atoms with Gasteiger partial charge >= 0.3 is 6.03 Å². The van der Waals surface area contributed by atoms with E-state index in [-0.39, 0.29) is 11.3 Å². The molecule has 0 spiro atoms. The zero-order valence-electron chi connectivity index (χ0n) is 7.58. The van der Waals surface area contributed by atoms with Crippen molar-refractivity contribution in [2.75, 3.05) is 0 Å². The third-order valence-corrected chi connectivity index (χ3v) is 1.94. The second kappa shape index (κ2) is 3.53. The molecule has 0 aliphatic carbocycles. The van der Waals surface area contributed by atoms with Crippen LogP contribution >= 0.6 is 0 Å².